The number of imide groups is 1. The molecule has 98 valence electrons. The van der Waals surface area contributed by atoms with Crippen LogP contribution < -0.4 is 5.32 Å². The summed E-state index contributed by atoms with van der Waals surface area (Å²) >= 11 is 0. The molecule has 1 aliphatic heterocycles. The van der Waals surface area contributed by atoms with Gasteiger partial charge < -0.3 is 4.42 Å². The highest BCUT2D eigenvalue weighted by Crippen LogP contribution is 2.23. The Labute approximate surface area is 115 Å². The van der Waals surface area contributed by atoms with Gasteiger partial charge in [-0.15, -0.1) is 0 Å². The Morgan fingerprint density at radius 1 is 0.950 bits per heavy atom. The van der Waals surface area contributed by atoms with E-state index < -0.39 is 5.91 Å². The minimum atomic E-state index is -0.391. The second-order valence-corrected chi connectivity index (χ2v) is 4.28. The lowest BCUT2D eigenvalue weighted by atomic mass is 9.94. The van der Waals surface area contributed by atoms with Crippen LogP contribution in [0.3, 0.4) is 0 Å². The van der Waals surface area contributed by atoms with E-state index in [4.69, 9.17) is 4.42 Å². The molecule has 0 saturated carbocycles. The molecule has 1 aromatic heterocycles. The first-order valence-corrected chi connectivity index (χ1v) is 6.12. The average molecular weight is 265 g/mol. The van der Waals surface area contributed by atoms with Crippen molar-refractivity contribution < 1.29 is 14.0 Å². The van der Waals surface area contributed by atoms with Gasteiger partial charge in [0.05, 0.1) is 6.26 Å². The van der Waals surface area contributed by atoms with Crippen molar-refractivity contribution >= 4 is 23.5 Å². The molecule has 0 bridgehead atoms. The van der Waals surface area contributed by atoms with E-state index in [-0.39, 0.29) is 5.91 Å². The van der Waals surface area contributed by atoms with Gasteiger partial charge in [0.2, 0.25) is 0 Å². The van der Waals surface area contributed by atoms with Crippen molar-refractivity contribution in [2.24, 2.45) is 0 Å². The summed E-state index contributed by atoms with van der Waals surface area (Å²) in [5.41, 5.74) is 1.61. The molecule has 0 spiro atoms. The van der Waals surface area contributed by atoms with Crippen molar-refractivity contribution in [1.29, 1.82) is 0 Å². The fourth-order valence-corrected chi connectivity index (χ4v) is 2.07. The normalized spacial score (nSPS) is 16.5. The first-order chi connectivity index (χ1) is 9.75. The molecule has 0 radical (unpaired) electrons. The summed E-state index contributed by atoms with van der Waals surface area (Å²) in [6.45, 7) is 0. The zero-order valence-electron chi connectivity index (χ0n) is 10.5. The summed E-state index contributed by atoms with van der Waals surface area (Å²) < 4.78 is 5.17. The molecule has 1 aliphatic rings. The highest BCUT2D eigenvalue weighted by molar-refractivity contribution is 6.31. The Bertz CT molecular complexity index is 724. The molecule has 2 aromatic rings. The largest absolute Gasteiger partial charge is 0.465 e. The zero-order valence-corrected chi connectivity index (χ0v) is 10.5. The second-order valence-electron chi connectivity index (χ2n) is 4.28. The van der Waals surface area contributed by atoms with Crippen molar-refractivity contribution in [3.05, 3.63) is 71.7 Å². The third kappa shape index (κ3) is 2.19. The number of carbonyl (C=O) groups excluding carboxylic acids is 2. The molecular weight excluding hydrogens is 254 g/mol. The lowest BCUT2D eigenvalue weighted by molar-refractivity contribution is -0.114. The zero-order chi connectivity index (χ0) is 13.9. The molecular formula is C16H11NO3. The van der Waals surface area contributed by atoms with Crippen molar-refractivity contribution in [2.45, 2.75) is 0 Å². The summed E-state index contributed by atoms with van der Waals surface area (Å²) in [5.74, 6) is -0.0574. The topological polar surface area (TPSA) is 59.3 Å². The number of nitrogens with one attached hydrogen (secondary N) is 1. The minimum Gasteiger partial charge on any atom is -0.465 e. The van der Waals surface area contributed by atoms with Gasteiger partial charge in [0.25, 0.3) is 11.8 Å². The molecule has 0 atom stereocenters. The lowest BCUT2D eigenvalue weighted by Crippen LogP contribution is -2.36. The van der Waals surface area contributed by atoms with Crippen molar-refractivity contribution in [3.8, 4) is 0 Å². The number of hydrogen-bond donors (Lipinski definition) is 1. The highest BCUT2D eigenvalue weighted by atomic mass is 16.3. The van der Waals surface area contributed by atoms with Crippen LogP contribution in [0.2, 0.25) is 0 Å². The molecule has 2 heterocycles. The molecule has 1 N–H and O–H groups in total. The van der Waals surface area contributed by atoms with Gasteiger partial charge in [-0.25, -0.2) is 0 Å². The van der Waals surface area contributed by atoms with Crippen LogP contribution in [0.5, 0.6) is 0 Å². The summed E-state index contributed by atoms with van der Waals surface area (Å²) in [6.07, 6.45) is 6.72. The van der Waals surface area contributed by atoms with E-state index in [1.54, 1.807) is 54.8 Å². The fourth-order valence-electron chi connectivity index (χ4n) is 2.07. The van der Waals surface area contributed by atoms with Gasteiger partial charge in [-0.3, -0.25) is 14.9 Å². The summed E-state index contributed by atoms with van der Waals surface area (Å²) in [7, 11) is 0. The van der Waals surface area contributed by atoms with Gasteiger partial charge in [0.1, 0.15) is 5.76 Å². The number of hydrogen-bond acceptors (Lipinski definition) is 3. The maximum Gasteiger partial charge on any atom is 0.258 e. The molecule has 1 aromatic carbocycles. The van der Waals surface area contributed by atoms with Crippen LogP contribution in [0.1, 0.15) is 21.7 Å². The first kappa shape index (κ1) is 12.2. The predicted octanol–water partition coefficient (Wildman–Crippen LogP) is 2.65. The van der Waals surface area contributed by atoms with E-state index in [1.165, 1.54) is 0 Å². The SMILES string of the molecule is O=C1NC(=O)c2ccccc2/C1=C\C=C\c1ccco1. The number of amides is 2. The van der Waals surface area contributed by atoms with E-state index in [1.807, 2.05) is 6.07 Å². The predicted molar refractivity (Wildman–Crippen MR) is 74.6 cm³/mol. The molecule has 0 aliphatic carbocycles. The number of fused-ring (bicyclic) bond motifs is 1. The van der Waals surface area contributed by atoms with Crippen LogP contribution in [0.4, 0.5) is 0 Å². The van der Waals surface area contributed by atoms with E-state index in [0.29, 0.717) is 22.5 Å². The summed E-state index contributed by atoms with van der Waals surface area (Å²) in [6, 6.07) is 10.6. The summed E-state index contributed by atoms with van der Waals surface area (Å²) in [5, 5.41) is 2.33. The second kappa shape index (κ2) is 5.01. The van der Waals surface area contributed by atoms with Crippen LogP contribution in [0, 0.1) is 0 Å². The first-order valence-electron chi connectivity index (χ1n) is 6.12. The highest BCUT2D eigenvalue weighted by Gasteiger charge is 2.25. The van der Waals surface area contributed by atoms with Crippen LogP contribution in [0.15, 0.2) is 59.2 Å². The third-order valence-corrected chi connectivity index (χ3v) is 3.00. The Hall–Kier alpha value is -2.88. The fraction of sp³-hybridized carbons (Fsp3) is 0. The van der Waals surface area contributed by atoms with E-state index in [2.05, 4.69) is 5.32 Å². The Morgan fingerprint density at radius 3 is 2.50 bits per heavy atom. The average Bonchev–Trinajstić information content (AvgIpc) is 2.96. The van der Waals surface area contributed by atoms with Crippen molar-refractivity contribution in [2.75, 3.05) is 0 Å². The minimum absolute atomic E-state index is 0.363. The standard InChI is InChI=1S/C16H11NO3/c18-15-13-8-2-1-7-12(13)14(16(19)17-15)9-3-5-11-6-4-10-20-11/h1-10H,(H,17,18,19)/b5-3+,14-9+. The Morgan fingerprint density at radius 2 is 1.75 bits per heavy atom. The van der Waals surface area contributed by atoms with Crippen molar-refractivity contribution in [3.63, 3.8) is 0 Å². The molecule has 0 saturated heterocycles. The molecule has 20 heavy (non-hydrogen) atoms. The number of furan rings is 1. The van der Waals surface area contributed by atoms with Gasteiger partial charge in [-0.2, -0.15) is 0 Å². The Kier molecular flexibility index (Phi) is 3.05. The molecule has 4 nitrogen and oxygen atoms in total. The maximum absolute atomic E-state index is 11.9. The van der Waals surface area contributed by atoms with Crippen LogP contribution in [-0.2, 0) is 4.79 Å². The Balaban J connectivity index is 1.98. The quantitative estimate of drug-likeness (QED) is 0.670. The van der Waals surface area contributed by atoms with Gasteiger partial charge in [-0.1, -0.05) is 24.3 Å². The monoisotopic (exact) mass is 265 g/mol. The summed E-state index contributed by atoms with van der Waals surface area (Å²) in [4.78, 5) is 23.6. The molecule has 2 amide bonds. The van der Waals surface area contributed by atoms with Crippen LogP contribution in [0.25, 0.3) is 11.6 Å². The van der Waals surface area contributed by atoms with E-state index >= 15 is 0 Å². The van der Waals surface area contributed by atoms with Gasteiger partial charge in [0.15, 0.2) is 0 Å². The number of rotatable bonds is 2. The van der Waals surface area contributed by atoms with Gasteiger partial charge >= 0.3 is 0 Å². The van der Waals surface area contributed by atoms with Gasteiger partial charge in [0, 0.05) is 11.1 Å². The number of carbonyl (C=O) groups is 2. The lowest BCUT2D eigenvalue weighted by Gasteiger charge is -2.17. The maximum atomic E-state index is 11.9. The number of benzene rings is 1. The molecule has 0 unspecified atom stereocenters. The van der Waals surface area contributed by atoms with Crippen molar-refractivity contribution in [1.82, 2.24) is 5.32 Å². The number of allylic oxidation sites excluding steroid dienone is 2. The van der Waals surface area contributed by atoms with E-state index in [9.17, 15) is 9.59 Å². The molecule has 3 rings (SSSR count). The third-order valence-electron chi connectivity index (χ3n) is 3.00. The smallest absolute Gasteiger partial charge is 0.258 e. The van der Waals surface area contributed by atoms with Crippen LogP contribution >= 0.6 is 0 Å². The van der Waals surface area contributed by atoms with Crippen LogP contribution in [-0.4, -0.2) is 11.8 Å². The molecule has 0 fully saturated rings. The molecule has 4 heteroatoms. The van der Waals surface area contributed by atoms with E-state index in [0.717, 1.165) is 0 Å². The van der Waals surface area contributed by atoms with Gasteiger partial charge in [-0.05, 0) is 35.9 Å².